The van der Waals surface area contributed by atoms with Gasteiger partial charge in [0, 0.05) is 12.0 Å². The third kappa shape index (κ3) is 4.33. The van der Waals surface area contributed by atoms with Crippen LogP contribution < -0.4 is 4.72 Å². The van der Waals surface area contributed by atoms with E-state index in [1.54, 1.807) is 6.92 Å². The Hall–Kier alpha value is -1.93. The van der Waals surface area contributed by atoms with E-state index in [9.17, 15) is 17.6 Å². The van der Waals surface area contributed by atoms with E-state index in [0.29, 0.717) is 18.0 Å². The second kappa shape index (κ2) is 7.31. The van der Waals surface area contributed by atoms with Crippen LogP contribution in [0.1, 0.15) is 41.0 Å². The van der Waals surface area contributed by atoms with Gasteiger partial charge < -0.3 is 4.42 Å². The topological polar surface area (TPSA) is 89.3 Å². The van der Waals surface area contributed by atoms with Crippen LogP contribution in [0.25, 0.3) is 0 Å². The highest BCUT2D eigenvalue weighted by atomic mass is 35.5. The number of benzene rings is 1. The van der Waals surface area contributed by atoms with Gasteiger partial charge >= 0.3 is 5.91 Å². The Morgan fingerprint density at radius 3 is 2.79 bits per heavy atom. The van der Waals surface area contributed by atoms with Gasteiger partial charge in [0.25, 0.3) is 0 Å². The van der Waals surface area contributed by atoms with Crippen LogP contribution in [0, 0.1) is 12.7 Å². The molecular weight excluding hydrogens is 359 g/mol. The van der Waals surface area contributed by atoms with E-state index in [4.69, 9.17) is 16.0 Å². The van der Waals surface area contributed by atoms with Crippen molar-refractivity contribution in [1.82, 2.24) is 9.71 Å². The van der Waals surface area contributed by atoms with Crippen molar-refractivity contribution in [2.24, 2.45) is 0 Å². The first-order chi connectivity index (χ1) is 11.2. The summed E-state index contributed by atoms with van der Waals surface area (Å²) in [6.07, 6.45) is 1.31. The molecule has 0 bridgehead atoms. The van der Waals surface area contributed by atoms with Gasteiger partial charge in [-0.3, -0.25) is 4.79 Å². The predicted molar refractivity (Wildman–Crippen MR) is 86.7 cm³/mol. The number of nitrogens with zero attached hydrogens (tertiary/aromatic N) is 1. The Bertz CT molecular complexity index is 864. The summed E-state index contributed by atoms with van der Waals surface area (Å²) >= 11 is 5.62. The van der Waals surface area contributed by atoms with Crippen LogP contribution in [0.5, 0.6) is 0 Å². The molecule has 0 spiro atoms. The van der Waals surface area contributed by atoms with Gasteiger partial charge in [-0.05, 0) is 19.4 Å². The number of aryl methyl sites for hydroxylation is 2. The van der Waals surface area contributed by atoms with Crippen molar-refractivity contribution < 1.29 is 22.0 Å². The number of amides is 1. The number of halogens is 2. The molecule has 0 fully saturated rings. The lowest BCUT2D eigenvalue weighted by Gasteiger charge is -2.07. The van der Waals surface area contributed by atoms with Gasteiger partial charge in [0.2, 0.25) is 15.8 Å². The smallest absolute Gasteiger partial charge is 0.302 e. The number of hydrogen-bond donors (Lipinski definition) is 1. The zero-order valence-corrected chi connectivity index (χ0v) is 14.7. The Labute approximate surface area is 144 Å². The molecule has 1 heterocycles. The van der Waals surface area contributed by atoms with Crippen LogP contribution in [-0.4, -0.2) is 19.3 Å². The fourth-order valence-electron chi connectivity index (χ4n) is 2.07. The Morgan fingerprint density at radius 1 is 1.42 bits per heavy atom. The molecule has 24 heavy (non-hydrogen) atoms. The Kier molecular flexibility index (Phi) is 5.61. The summed E-state index contributed by atoms with van der Waals surface area (Å²) in [7, 11) is -4.13. The maximum Gasteiger partial charge on any atom is 0.302 e. The van der Waals surface area contributed by atoms with Gasteiger partial charge in [0.15, 0.2) is 5.89 Å². The lowest BCUT2D eigenvalue weighted by Crippen LogP contribution is -2.32. The van der Waals surface area contributed by atoms with E-state index < -0.39 is 27.5 Å². The van der Waals surface area contributed by atoms with E-state index in [2.05, 4.69) is 4.98 Å². The third-order valence-corrected chi connectivity index (χ3v) is 4.62. The minimum atomic E-state index is -4.13. The molecule has 9 heteroatoms. The molecule has 1 amide bonds. The van der Waals surface area contributed by atoms with Crippen molar-refractivity contribution >= 4 is 27.5 Å². The van der Waals surface area contributed by atoms with Gasteiger partial charge in [-0.15, -0.1) is 0 Å². The average molecular weight is 375 g/mol. The highest BCUT2D eigenvalue weighted by Crippen LogP contribution is 2.20. The van der Waals surface area contributed by atoms with Crippen LogP contribution in [0.4, 0.5) is 4.39 Å². The van der Waals surface area contributed by atoms with Crippen molar-refractivity contribution in [2.75, 3.05) is 0 Å². The molecule has 6 nitrogen and oxygen atoms in total. The number of nitrogens with one attached hydrogen (secondary N) is 1. The second-order valence-corrected chi connectivity index (χ2v) is 7.30. The lowest BCUT2D eigenvalue weighted by molar-refractivity contribution is 0.0951. The number of hydrogen-bond acceptors (Lipinski definition) is 5. The number of sulfonamides is 1. The van der Waals surface area contributed by atoms with Gasteiger partial charge in [0.05, 0.1) is 16.5 Å². The molecule has 1 N–H and O–H groups in total. The fraction of sp³-hybridized carbons (Fsp3) is 0.333. The van der Waals surface area contributed by atoms with Gasteiger partial charge in [-0.25, -0.2) is 22.5 Å². The molecule has 0 saturated heterocycles. The zero-order valence-electron chi connectivity index (χ0n) is 13.1. The number of oxazole rings is 1. The van der Waals surface area contributed by atoms with Crippen LogP contribution >= 0.6 is 11.6 Å². The Balaban J connectivity index is 2.17. The van der Waals surface area contributed by atoms with Crippen molar-refractivity contribution in [3.05, 3.63) is 51.9 Å². The largest absolute Gasteiger partial charge is 0.435 e. The molecular formula is C15H16ClFN2O4S. The van der Waals surface area contributed by atoms with E-state index in [0.717, 1.165) is 6.42 Å². The maximum atomic E-state index is 13.8. The first-order valence-electron chi connectivity index (χ1n) is 7.17. The first kappa shape index (κ1) is 18.4. The van der Waals surface area contributed by atoms with Crippen LogP contribution in [0.2, 0.25) is 5.02 Å². The van der Waals surface area contributed by atoms with Crippen LogP contribution in [0.3, 0.4) is 0 Å². The molecule has 1 aromatic heterocycles. The lowest BCUT2D eigenvalue weighted by atomic mass is 10.2. The summed E-state index contributed by atoms with van der Waals surface area (Å²) < 4.78 is 45.1. The average Bonchev–Trinajstić information content (AvgIpc) is 2.84. The van der Waals surface area contributed by atoms with Gasteiger partial charge in [-0.2, -0.15) is 0 Å². The van der Waals surface area contributed by atoms with Crippen LogP contribution in [-0.2, 0) is 22.2 Å². The normalized spacial score (nSPS) is 11.5. The predicted octanol–water partition coefficient (Wildman–Crippen LogP) is 2.99. The molecule has 0 saturated carbocycles. The van der Waals surface area contributed by atoms with Crippen molar-refractivity contribution in [2.45, 2.75) is 32.4 Å². The Morgan fingerprint density at radius 2 is 2.12 bits per heavy atom. The minimum Gasteiger partial charge on any atom is -0.435 e. The van der Waals surface area contributed by atoms with E-state index >= 15 is 0 Å². The maximum absolute atomic E-state index is 13.8. The van der Waals surface area contributed by atoms with Crippen molar-refractivity contribution in [3.8, 4) is 0 Å². The summed E-state index contributed by atoms with van der Waals surface area (Å²) in [6.45, 7) is 3.46. The zero-order chi connectivity index (χ0) is 17.9. The molecule has 0 unspecified atom stereocenters. The standard InChI is InChI=1S/C15H16ClFN2O4S/c1-3-5-12-18-9(2)14(23-12)15(20)19-24(21,22)8-10-6-4-7-11(16)13(10)17/h4,6-7H,3,5,8H2,1-2H3,(H,19,20). The SMILES string of the molecule is CCCc1nc(C)c(C(=O)NS(=O)(=O)Cc2cccc(Cl)c2F)o1. The van der Waals surface area contributed by atoms with Crippen molar-refractivity contribution in [1.29, 1.82) is 0 Å². The fourth-order valence-corrected chi connectivity index (χ4v) is 3.35. The van der Waals surface area contributed by atoms with E-state index in [1.165, 1.54) is 18.2 Å². The highest BCUT2D eigenvalue weighted by Gasteiger charge is 2.24. The van der Waals surface area contributed by atoms with E-state index in [-0.39, 0.29) is 16.3 Å². The monoisotopic (exact) mass is 374 g/mol. The first-order valence-corrected chi connectivity index (χ1v) is 9.20. The van der Waals surface area contributed by atoms with Crippen molar-refractivity contribution in [3.63, 3.8) is 0 Å². The van der Waals surface area contributed by atoms with E-state index in [1.807, 2.05) is 11.6 Å². The molecule has 130 valence electrons. The van der Waals surface area contributed by atoms with Gasteiger partial charge in [-0.1, -0.05) is 30.7 Å². The quantitative estimate of drug-likeness (QED) is 0.839. The summed E-state index contributed by atoms with van der Waals surface area (Å²) in [5.41, 5.74) is 0.156. The van der Waals surface area contributed by atoms with Gasteiger partial charge in [0.1, 0.15) is 5.82 Å². The summed E-state index contributed by atoms with van der Waals surface area (Å²) in [5, 5.41) is -0.190. The summed E-state index contributed by atoms with van der Waals surface area (Å²) in [4.78, 5) is 16.2. The summed E-state index contributed by atoms with van der Waals surface area (Å²) in [6, 6.07) is 4.01. The van der Waals surface area contributed by atoms with Crippen LogP contribution in [0.15, 0.2) is 22.6 Å². The molecule has 0 aliphatic heterocycles. The molecule has 2 aromatic rings. The molecule has 2 rings (SSSR count). The second-order valence-electron chi connectivity index (χ2n) is 5.18. The number of carbonyl (C=O) groups excluding carboxylic acids is 1. The number of carbonyl (C=O) groups is 1. The summed E-state index contributed by atoms with van der Waals surface area (Å²) in [5.74, 6) is -2.31. The molecule has 1 aromatic carbocycles. The number of rotatable bonds is 6. The number of aromatic nitrogens is 1. The molecule has 0 aliphatic carbocycles. The third-order valence-electron chi connectivity index (χ3n) is 3.14. The molecule has 0 radical (unpaired) electrons. The highest BCUT2D eigenvalue weighted by molar-refractivity contribution is 7.89. The minimum absolute atomic E-state index is 0.135. The molecule has 0 aliphatic rings. The molecule has 0 atom stereocenters.